The first-order valence-corrected chi connectivity index (χ1v) is 3.53. The predicted octanol–water partition coefficient (Wildman–Crippen LogP) is -2.74. The third kappa shape index (κ3) is 4.13. The van der Waals surface area contributed by atoms with Gasteiger partial charge in [0.15, 0.2) is 0 Å². The van der Waals surface area contributed by atoms with E-state index in [2.05, 4.69) is 9.97 Å². The molecule has 1 aromatic rings. The largest absolute Gasteiger partial charge is 1.00 e. The minimum Gasteiger partial charge on any atom is -0.877 e. The van der Waals surface area contributed by atoms with Crippen LogP contribution in [0.2, 0.25) is 0 Å². The van der Waals surface area contributed by atoms with E-state index < -0.39 is 0 Å². The van der Waals surface area contributed by atoms with Crippen molar-refractivity contribution >= 4 is 5.57 Å². The van der Waals surface area contributed by atoms with Crippen molar-refractivity contribution in [1.29, 1.82) is 5.26 Å². The van der Waals surface area contributed by atoms with Gasteiger partial charge in [-0.15, -0.1) is 6.26 Å². The molecule has 0 saturated carbocycles. The zero-order chi connectivity index (χ0) is 9.52. The number of nitrogens with zero attached hydrogens (tertiary/aromatic N) is 3. The van der Waals surface area contributed by atoms with Crippen LogP contribution < -0.4 is 56.5 Å². The molecule has 0 unspecified atom stereocenters. The van der Waals surface area contributed by atoms with E-state index in [-0.39, 0.29) is 51.4 Å². The molecule has 0 aromatic carbocycles. The molecule has 0 aliphatic heterocycles. The van der Waals surface area contributed by atoms with E-state index in [9.17, 15) is 5.11 Å². The molecule has 4 nitrogen and oxygen atoms in total. The van der Waals surface area contributed by atoms with Gasteiger partial charge in [0.05, 0.1) is 18.0 Å². The van der Waals surface area contributed by atoms with Crippen molar-refractivity contribution in [2.75, 3.05) is 0 Å². The van der Waals surface area contributed by atoms with Crippen molar-refractivity contribution in [2.24, 2.45) is 0 Å². The second-order valence-electron chi connectivity index (χ2n) is 2.13. The van der Waals surface area contributed by atoms with Crippen LogP contribution in [-0.4, -0.2) is 9.97 Å². The van der Waals surface area contributed by atoms with Crippen LogP contribution in [0.15, 0.2) is 37.0 Å². The van der Waals surface area contributed by atoms with E-state index in [0.717, 1.165) is 0 Å². The molecule has 5 heteroatoms. The zero-order valence-electron chi connectivity index (χ0n) is 7.71. The average Bonchev–Trinajstić information content (AvgIpc) is 2.21. The topological polar surface area (TPSA) is 72.6 Å². The molecule has 0 amide bonds. The van der Waals surface area contributed by atoms with Crippen molar-refractivity contribution in [3.63, 3.8) is 0 Å². The maximum Gasteiger partial charge on any atom is 1.00 e. The van der Waals surface area contributed by atoms with Crippen LogP contribution in [0.4, 0.5) is 0 Å². The van der Waals surface area contributed by atoms with Gasteiger partial charge in [-0.3, -0.25) is 9.97 Å². The van der Waals surface area contributed by atoms with Gasteiger partial charge in [-0.2, -0.15) is 5.26 Å². The fourth-order valence-corrected chi connectivity index (χ4v) is 0.760. The maximum atomic E-state index is 10.5. The summed E-state index contributed by atoms with van der Waals surface area (Å²) in [4.78, 5) is 7.71. The standard InChI is InChI=1S/C9H7N3O.K/c10-3-1-2-8(7-13)9-6-11-4-5-12-9;/h1-2,4-7,13H;/q;+1/p-1/b2-1-,8-7-;. The number of nitriles is 1. The smallest absolute Gasteiger partial charge is 0.877 e. The molecular formula is C9H6KN3O. The zero-order valence-corrected chi connectivity index (χ0v) is 10.8. The Morgan fingerprint density at radius 3 is 2.79 bits per heavy atom. The molecule has 1 aromatic heterocycles. The molecule has 0 aliphatic rings. The Hall–Kier alpha value is -0.514. The van der Waals surface area contributed by atoms with Gasteiger partial charge in [0, 0.05) is 18.5 Å². The fourth-order valence-electron chi connectivity index (χ4n) is 0.760. The molecule has 64 valence electrons. The van der Waals surface area contributed by atoms with Crippen LogP contribution in [0.3, 0.4) is 0 Å². The summed E-state index contributed by atoms with van der Waals surface area (Å²) in [7, 11) is 0. The minimum absolute atomic E-state index is 0. The summed E-state index contributed by atoms with van der Waals surface area (Å²) in [6.45, 7) is 0. The summed E-state index contributed by atoms with van der Waals surface area (Å²) in [5.41, 5.74) is 0.804. The molecule has 0 bridgehead atoms. The van der Waals surface area contributed by atoms with Crippen LogP contribution in [0.25, 0.3) is 5.57 Å². The number of allylic oxidation sites excluding steroid dienone is 3. The summed E-state index contributed by atoms with van der Waals surface area (Å²) in [6.07, 6.45) is 7.72. The predicted molar refractivity (Wildman–Crippen MR) is 44.8 cm³/mol. The van der Waals surface area contributed by atoms with Gasteiger partial charge in [0.1, 0.15) is 0 Å². The molecule has 0 fully saturated rings. The third-order valence-electron chi connectivity index (χ3n) is 1.32. The molecule has 0 aliphatic carbocycles. The van der Waals surface area contributed by atoms with Crippen LogP contribution in [0.1, 0.15) is 5.69 Å². The minimum atomic E-state index is 0. The van der Waals surface area contributed by atoms with Gasteiger partial charge in [0.25, 0.3) is 0 Å². The molecule has 0 radical (unpaired) electrons. The second kappa shape index (κ2) is 7.85. The van der Waals surface area contributed by atoms with Gasteiger partial charge in [-0.25, -0.2) is 0 Å². The Bertz CT molecular complexity index is 367. The summed E-state index contributed by atoms with van der Waals surface area (Å²) in [6, 6.07) is 1.79. The first-order chi connectivity index (χ1) is 6.38. The summed E-state index contributed by atoms with van der Waals surface area (Å²) in [5.74, 6) is 0. The number of aromatic nitrogens is 2. The summed E-state index contributed by atoms with van der Waals surface area (Å²) >= 11 is 0. The Kier molecular flexibility index (Phi) is 7.56. The summed E-state index contributed by atoms with van der Waals surface area (Å²) < 4.78 is 0. The van der Waals surface area contributed by atoms with Crippen molar-refractivity contribution in [1.82, 2.24) is 9.97 Å². The SMILES string of the molecule is N#C/C=C\C(=C\[O-])c1cnccn1.[K+]. The Morgan fingerprint density at radius 2 is 2.29 bits per heavy atom. The molecule has 0 saturated heterocycles. The fraction of sp³-hybridized carbons (Fsp3) is 0. The first-order valence-electron chi connectivity index (χ1n) is 3.53. The van der Waals surface area contributed by atoms with Crippen LogP contribution in [0, 0.1) is 11.3 Å². The van der Waals surface area contributed by atoms with Gasteiger partial charge in [-0.05, 0) is 11.6 Å². The van der Waals surface area contributed by atoms with Crippen molar-refractivity contribution in [3.8, 4) is 6.07 Å². The van der Waals surface area contributed by atoms with Crippen molar-refractivity contribution in [3.05, 3.63) is 42.7 Å². The number of hydrogen-bond donors (Lipinski definition) is 0. The van der Waals surface area contributed by atoms with E-state index >= 15 is 0 Å². The van der Waals surface area contributed by atoms with E-state index in [0.29, 0.717) is 17.5 Å². The quantitative estimate of drug-likeness (QED) is 0.230. The summed E-state index contributed by atoms with van der Waals surface area (Å²) in [5, 5.41) is 18.8. The van der Waals surface area contributed by atoms with Gasteiger partial charge in [-0.1, -0.05) is 0 Å². The molecule has 14 heavy (non-hydrogen) atoms. The van der Waals surface area contributed by atoms with Gasteiger partial charge in [0.2, 0.25) is 0 Å². The normalized spacial score (nSPS) is 10.6. The van der Waals surface area contributed by atoms with Gasteiger partial charge < -0.3 is 5.11 Å². The molecule has 1 heterocycles. The van der Waals surface area contributed by atoms with E-state index in [1.807, 2.05) is 0 Å². The van der Waals surface area contributed by atoms with Gasteiger partial charge >= 0.3 is 51.4 Å². The molecule has 1 rings (SSSR count). The Labute approximate surface area is 124 Å². The Morgan fingerprint density at radius 1 is 1.50 bits per heavy atom. The second-order valence-corrected chi connectivity index (χ2v) is 2.13. The van der Waals surface area contributed by atoms with Crippen LogP contribution >= 0.6 is 0 Å². The maximum absolute atomic E-state index is 10.5. The number of hydrogen-bond acceptors (Lipinski definition) is 4. The third-order valence-corrected chi connectivity index (χ3v) is 1.32. The van der Waals surface area contributed by atoms with Crippen LogP contribution in [-0.2, 0) is 0 Å². The van der Waals surface area contributed by atoms with Crippen molar-refractivity contribution < 1.29 is 56.5 Å². The molecule has 0 N–H and O–H groups in total. The molecule has 0 spiro atoms. The van der Waals surface area contributed by atoms with Crippen LogP contribution in [0.5, 0.6) is 0 Å². The monoisotopic (exact) mass is 211 g/mol. The van der Waals surface area contributed by atoms with E-state index in [1.165, 1.54) is 30.7 Å². The Balaban J connectivity index is 0.00000169. The number of rotatable bonds is 2. The first kappa shape index (κ1) is 13.5. The van der Waals surface area contributed by atoms with E-state index in [1.54, 1.807) is 6.07 Å². The molecular weight excluding hydrogens is 205 g/mol. The molecule has 0 atom stereocenters. The van der Waals surface area contributed by atoms with Crippen molar-refractivity contribution in [2.45, 2.75) is 0 Å². The average molecular weight is 211 g/mol. The van der Waals surface area contributed by atoms with E-state index in [4.69, 9.17) is 5.26 Å².